The van der Waals surface area contributed by atoms with Crippen LogP contribution in [0.5, 0.6) is 11.5 Å². The quantitative estimate of drug-likeness (QED) is 0.513. The number of phenols is 2. The Labute approximate surface area is 166 Å². The lowest BCUT2D eigenvalue weighted by Gasteiger charge is -2.35. The van der Waals surface area contributed by atoms with E-state index in [9.17, 15) is 23.4 Å². The second kappa shape index (κ2) is 9.68. The minimum atomic E-state index is -3.67. The van der Waals surface area contributed by atoms with Crippen LogP contribution in [0.3, 0.4) is 0 Å². The lowest BCUT2D eigenvalue weighted by Crippen LogP contribution is -2.43. The van der Waals surface area contributed by atoms with Gasteiger partial charge in [-0.3, -0.25) is 14.2 Å². The Kier molecular flexibility index (Phi) is 8.16. The fraction of sp³-hybridized carbons (Fsp3) is 0.350. The first-order valence-electron chi connectivity index (χ1n) is 8.53. The van der Waals surface area contributed by atoms with Crippen LogP contribution < -0.4 is 0 Å². The smallest absolute Gasteiger partial charge is 0.261 e. The van der Waals surface area contributed by atoms with E-state index in [-0.39, 0.29) is 29.4 Å². The summed E-state index contributed by atoms with van der Waals surface area (Å²) in [5, 5.41) is 19.1. The maximum absolute atomic E-state index is 12.5. The second-order valence-corrected chi connectivity index (χ2v) is 8.87. The summed E-state index contributed by atoms with van der Waals surface area (Å²) in [4.78, 5) is 14.6. The summed E-state index contributed by atoms with van der Waals surface area (Å²) in [7, 11) is -3.67. The Hall–Kier alpha value is -2.42. The molecule has 0 saturated carbocycles. The van der Waals surface area contributed by atoms with Gasteiger partial charge < -0.3 is 10.2 Å². The highest BCUT2D eigenvalue weighted by molar-refractivity contribution is 7.85. The predicted molar refractivity (Wildman–Crippen MR) is 108 cm³/mol. The molecule has 0 fully saturated rings. The topological polar surface area (TPSA) is 115 Å². The van der Waals surface area contributed by atoms with E-state index >= 15 is 0 Å². The number of rotatable bonds is 5. The van der Waals surface area contributed by atoms with Gasteiger partial charge in [-0.1, -0.05) is 30.3 Å². The van der Waals surface area contributed by atoms with E-state index in [1.54, 1.807) is 0 Å². The first kappa shape index (κ1) is 23.6. The predicted octanol–water partition coefficient (Wildman–Crippen LogP) is 3.09. The Balaban J connectivity index is 0.000000696. The summed E-state index contributed by atoms with van der Waals surface area (Å²) >= 11 is 0. The van der Waals surface area contributed by atoms with E-state index in [1.807, 2.05) is 30.3 Å². The number of hydrogen-bond donors (Lipinski definition) is 3. The molecule has 8 heteroatoms. The number of carbonyl (C=O) groups excluding carboxylic acids is 1. The van der Waals surface area contributed by atoms with Gasteiger partial charge in [-0.25, -0.2) is 0 Å². The molecule has 0 radical (unpaired) electrons. The Bertz CT molecular complexity index is 860. The molecule has 0 atom stereocenters. The minimum absolute atomic E-state index is 0.112. The second-order valence-electron chi connectivity index (χ2n) is 7.41. The Morgan fingerprint density at radius 1 is 1.00 bits per heavy atom. The number of aromatic hydroxyl groups is 2. The van der Waals surface area contributed by atoms with Crippen LogP contribution in [0.25, 0.3) is 0 Å². The van der Waals surface area contributed by atoms with Gasteiger partial charge in [-0.05, 0) is 38.5 Å². The largest absolute Gasteiger partial charge is 0.508 e. The van der Waals surface area contributed by atoms with Crippen LogP contribution >= 0.6 is 0 Å². The van der Waals surface area contributed by atoms with Crippen molar-refractivity contribution in [1.29, 1.82) is 0 Å². The molecule has 0 amide bonds. The number of ketones is 1. The monoisotopic (exact) mass is 409 g/mol. The van der Waals surface area contributed by atoms with Gasteiger partial charge in [0.1, 0.15) is 11.5 Å². The molecular weight excluding hydrogens is 382 g/mol. The average molecular weight is 410 g/mol. The van der Waals surface area contributed by atoms with Crippen molar-refractivity contribution in [1.82, 2.24) is 4.90 Å². The van der Waals surface area contributed by atoms with Crippen LogP contribution in [-0.4, -0.2) is 52.2 Å². The summed E-state index contributed by atoms with van der Waals surface area (Å²) < 4.78 is 25.9. The lowest BCUT2D eigenvalue weighted by molar-refractivity contribution is 0.0793. The highest BCUT2D eigenvalue weighted by Crippen LogP contribution is 2.23. The van der Waals surface area contributed by atoms with Crippen LogP contribution in [0.1, 0.15) is 36.7 Å². The first-order valence-corrected chi connectivity index (χ1v) is 10.4. The average Bonchev–Trinajstić information content (AvgIpc) is 2.51. The molecule has 28 heavy (non-hydrogen) atoms. The SMILES string of the molecule is CC(C)(C)N(CC(=O)c1cc(O)cc(O)c1)Cc1ccccc1.CS(=O)(=O)O. The van der Waals surface area contributed by atoms with Gasteiger partial charge in [0.2, 0.25) is 0 Å². The number of benzene rings is 2. The van der Waals surface area contributed by atoms with Crippen LogP contribution in [0.2, 0.25) is 0 Å². The van der Waals surface area contributed by atoms with Crippen molar-refractivity contribution in [3.63, 3.8) is 0 Å². The van der Waals surface area contributed by atoms with Gasteiger partial charge >= 0.3 is 0 Å². The summed E-state index contributed by atoms with van der Waals surface area (Å²) in [6, 6.07) is 14.0. The highest BCUT2D eigenvalue weighted by Gasteiger charge is 2.24. The molecular formula is C20H27NO6S. The third-order valence-corrected chi connectivity index (χ3v) is 3.72. The molecule has 0 spiro atoms. The van der Waals surface area contributed by atoms with Crippen molar-refractivity contribution in [2.45, 2.75) is 32.9 Å². The molecule has 2 rings (SSSR count). The number of nitrogens with zero attached hydrogens (tertiary/aromatic N) is 1. The zero-order valence-corrected chi connectivity index (χ0v) is 17.3. The van der Waals surface area contributed by atoms with Crippen LogP contribution in [0, 0.1) is 0 Å². The molecule has 154 valence electrons. The maximum atomic E-state index is 12.5. The molecule has 0 aliphatic carbocycles. The fourth-order valence-corrected chi connectivity index (χ4v) is 2.35. The van der Waals surface area contributed by atoms with Crippen molar-refractivity contribution < 1.29 is 28.0 Å². The summed E-state index contributed by atoms with van der Waals surface area (Å²) in [6.45, 7) is 7.04. The van der Waals surface area contributed by atoms with Gasteiger partial charge in [-0.2, -0.15) is 8.42 Å². The molecule has 2 aromatic carbocycles. The molecule has 0 saturated heterocycles. The minimum Gasteiger partial charge on any atom is -0.508 e. The lowest BCUT2D eigenvalue weighted by atomic mass is 10.0. The van der Waals surface area contributed by atoms with Crippen molar-refractivity contribution in [2.75, 3.05) is 12.8 Å². The van der Waals surface area contributed by atoms with Crippen LogP contribution in [0.4, 0.5) is 0 Å². The molecule has 0 heterocycles. The summed E-state index contributed by atoms with van der Waals surface area (Å²) in [6.07, 6.45) is 0.715. The van der Waals surface area contributed by atoms with Crippen molar-refractivity contribution >= 4 is 15.9 Å². The molecule has 3 N–H and O–H groups in total. The third kappa shape index (κ3) is 9.50. The van der Waals surface area contributed by atoms with Gasteiger partial charge in [0.05, 0.1) is 12.8 Å². The summed E-state index contributed by atoms with van der Waals surface area (Å²) in [5.41, 5.74) is 1.25. The fourth-order valence-electron chi connectivity index (χ4n) is 2.35. The number of carbonyl (C=O) groups is 1. The van der Waals surface area contributed by atoms with Crippen molar-refractivity contribution in [3.8, 4) is 11.5 Å². The molecule has 0 aliphatic rings. The Morgan fingerprint density at radius 3 is 1.89 bits per heavy atom. The molecule has 0 aliphatic heterocycles. The highest BCUT2D eigenvalue weighted by atomic mass is 32.2. The van der Waals surface area contributed by atoms with Crippen molar-refractivity contribution in [3.05, 3.63) is 59.7 Å². The number of hydrogen-bond acceptors (Lipinski definition) is 6. The van der Waals surface area contributed by atoms with Gasteiger partial charge in [0.15, 0.2) is 5.78 Å². The molecule has 7 nitrogen and oxygen atoms in total. The van der Waals surface area contributed by atoms with Gasteiger partial charge in [-0.15, -0.1) is 0 Å². The number of Topliss-reactive ketones (excluding diaryl/α,β-unsaturated/α-hetero) is 1. The standard InChI is InChI=1S/C19H23NO3.CH4O3S/c1-19(2,3)20(12-14-7-5-4-6-8-14)13-18(23)15-9-16(21)11-17(22)10-15;1-5(2,3)4/h4-11,21-22H,12-13H2,1-3H3;1H3,(H,2,3,4). The van der Waals surface area contributed by atoms with Crippen LogP contribution in [0.15, 0.2) is 48.5 Å². The van der Waals surface area contributed by atoms with E-state index < -0.39 is 10.1 Å². The van der Waals surface area contributed by atoms with E-state index in [4.69, 9.17) is 4.55 Å². The molecule has 0 aromatic heterocycles. The number of phenolic OH excluding ortho intramolecular Hbond substituents is 2. The molecule has 0 bridgehead atoms. The maximum Gasteiger partial charge on any atom is 0.261 e. The van der Waals surface area contributed by atoms with E-state index in [2.05, 4.69) is 25.7 Å². The zero-order chi connectivity index (χ0) is 21.5. The normalized spacial score (nSPS) is 11.6. The van der Waals surface area contributed by atoms with E-state index in [0.717, 1.165) is 5.56 Å². The van der Waals surface area contributed by atoms with Gasteiger partial charge in [0.25, 0.3) is 10.1 Å². The Morgan fingerprint density at radius 2 is 1.46 bits per heavy atom. The van der Waals surface area contributed by atoms with E-state index in [1.165, 1.54) is 18.2 Å². The molecule has 2 aromatic rings. The summed E-state index contributed by atoms with van der Waals surface area (Å²) in [5.74, 6) is -0.362. The molecule has 0 unspecified atom stereocenters. The first-order chi connectivity index (χ1) is 12.8. The zero-order valence-electron chi connectivity index (χ0n) is 16.5. The third-order valence-electron chi connectivity index (χ3n) is 3.72. The van der Waals surface area contributed by atoms with Crippen molar-refractivity contribution in [2.24, 2.45) is 0 Å². The van der Waals surface area contributed by atoms with Crippen LogP contribution in [-0.2, 0) is 16.7 Å². The van der Waals surface area contributed by atoms with Gasteiger partial charge in [0, 0.05) is 23.7 Å². The van der Waals surface area contributed by atoms with E-state index in [0.29, 0.717) is 18.4 Å².